The zero-order valence-corrected chi connectivity index (χ0v) is 19.2. The lowest BCUT2D eigenvalue weighted by molar-refractivity contribution is -0.115. The first kappa shape index (κ1) is 22.1. The molecule has 2 N–H and O–H groups in total. The van der Waals surface area contributed by atoms with E-state index < -0.39 is 0 Å². The molecule has 0 aliphatic carbocycles. The first-order valence-electron chi connectivity index (χ1n) is 11.4. The lowest BCUT2D eigenvalue weighted by atomic mass is 10.2. The molecule has 1 amide bonds. The van der Waals surface area contributed by atoms with Crippen LogP contribution in [0.15, 0.2) is 24.4 Å². The molecule has 0 bridgehead atoms. The highest BCUT2D eigenvalue weighted by molar-refractivity contribution is 5.93. The maximum Gasteiger partial charge on any atom is 0.229 e. The Morgan fingerprint density at radius 1 is 1.06 bits per heavy atom. The molecule has 3 heterocycles. The van der Waals surface area contributed by atoms with Gasteiger partial charge in [0.15, 0.2) is 5.82 Å². The van der Waals surface area contributed by atoms with Gasteiger partial charge in [-0.05, 0) is 32.0 Å². The summed E-state index contributed by atoms with van der Waals surface area (Å²) in [6, 6.07) is 6.18. The van der Waals surface area contributed by atoms with Crippen molar-refractivity contribution in [3.8, 4) is 5.75 Å². The van der Waals surface area contributed by atoms with Crippen molar-refractivity contribution in [1.82, 2.24) is 14.9 Å². The number of hydrogen-bond acceptors (Lipinski definition) is 8. The summed E-state index contributed by atoms with van der Waals surface area (Å²) < 4.78 is 5.67. The fraction of sp³-hybridized carbons (Fsp3) is 0.522. The number of nitrogens with zero attached hydrogens (tertiary/aromatic N) is 5. The number of likely N-dealkylation sites (N-methyl/N-ethyl adjacent to an activating group) is 1. The van der Waals surface area contributed by atoms with E-state index >= 15 is 0 Å². The average molecular weight is 440 g/mol. The predicted molar refractivity (Wildman–Crippen MR) is 128 cm³/mol. The molecule has 9 nitrogen and oxygen atoms in total. The number of benzene rings is 1. The van der Waals surface area contributed by atoms with Crippen LogP contribution in [0.25, 0.3) is 0 Å². The topological polar surface area (TPSA) is 85.9 Å². The Bertz CT molecular complexity index is 938. The summed E-state index contributed by atoms with van der Waals surface area (Å²) in [5, 5.41) is 6.24. The van der Waals surface area contributed by atoms with Crippen molar-refractivity contribution < 1.29 is 9.53 Å². The summed E-state index contributed by atoms with van der Waals surface area (Å²) in [7, 11) is 3.83. The smallest absolute Gasteiger partial charge is 0.229 e. The molecule has 9 heteroatoms. The summed E-state index contributed by atoms with van der Waals surface area (Å²) in [6.45, 7) is 7.79. The quantitative estimate of drug-likeness (QED) is 0.681. The molecule has 2 aliphatic heterocycles. The van der Waals surface area contributed by atoms with Gasteiger partial charge in [-0.25, -0.2) is 4.98 Å². The van der Waals surface area contributed by atoms with Crippen molar-refractivity contribution in [2.45, 2.75) is 26.2 Å². The third kappa shape index (κ3) is 5.04. The maximum absolute atomic E-state index is 12.0. The molecule has 2 saturated heterocycles. The third-order valence-corrected chi connectivity index (χ3v) is 6.07. The van der Waals surface area contributed by atoms with Crippen molar-refractivity contribution in [2.24, 2.45) is 0 Å². The molecular weight excluding hydrogens is 406 g/mol. The fourth-order valence-corrected chi connectivity index (χ4v) is 4.09. The number of rotatable bonds is 7. The molecule has 0 unspecified atom stereocenters. The summed E-state index contributed by atoms with van der Waals surface area (Å²) in [4.78, 5) is 28.1. The van der Waals surface area contributed by atoms with Gasteiger partial charge in [-0.3, -0.25) is 4.79 Å². The minimum atomic E-state index is -0.0454. The number of carbonyl (C=O) groups is 1. The number of anilines is 5. The van der Waals surface area contributed by atoms with E-state index in [-0.39, 0.29) is 5.91 Å². The minimum absolute atomic E-state index is 0.0454. The zero-order chi connectivity index (χ0) is 22.5. The van der Waals surface area contributed by atoms with Crippen LogP contribution >= 0.6 is 0 Å². The van der Waals surface area contributed by atoms with E-state index in [9.17, 15) is 4.79 Å². The number of ether oxygens (including phenoxy) is 1. The minimum Gasteiger partial charge on any atom is -0.494 e. The molecule has 2 aliphatic rings. The first-order valence-corrected chi connectivity index (χ1v) is 11.4. The van der Waals surface area contributed by atoms with Gasteiger partial charge in [0.2, 0.25) is 11.9 Å². The summed E-state index contributed by atoms with van der Waals surface area (Å²) in [5.74, 6) is 1.94. The Morgan fingerprint density at radius 2 is 1.81 bits per heavy atom. The molecule has 2 aromatic rings. The molecule has 1 aromatic heterocycles. The van der Waals surface area contributed by atoms with Crippen molar-refractivity contribution in [3.05, 3.63) is 24.4 Å². The highest BCUT2D eigenvalue weighted by Crippen LogP contribution is 2.33. The lowest BCUT2D eigenvalue weighted by Gasteiger charge is -2.34. The largest absolute Gasteiger partial charge is 0.494 e. The molecule has 4 rings (SSSR count). The molecule has 0 saturated carbocycles. The fourth-order valence-electron chi connectivity index (χ4n) is 4.09. The van der Waals surface area contributed by atoms with E-state index in [4.69, 9.17) is 9.72 Å². The Morgan fingerprint density at radius 3 is 2.50 bits per heavy atom. The van der Waals surface area contributed by atoms with Crippen LogP contribution in [0.5, 0.6) is 5.75 Å². The Hall–Kier alpha value is -3.07. The van der Waals surface area contributed by atoms with Crippen LogP contribution < -0.4 is 25.2 Å². The molecule has 0 radical (unpaired) electrons. The van der Waals surface area contributed by atoms with Crippen molar-refractivity contribution >= 4 is 34.7 Å². The Labute approximate surface area is 189 Å². The summed E-state index contributed by atoms with van der Waals surface area (Å²) >= 11 is 0. The molecule has 172 valence electrons. The number of methoxy groups -OCH3 is 1. The first-order chi connectivity index (χ1) is 15.6. The van der Waals surface area contributed by atoms with E-state index in [0.717, 1.165) is 75.1 Å². The second-order valence-corrected chi connectivity index (χ2v) is 8.33. The highest BCUT2D eigenvalue weighted by Gasteiger charge is 2.21. The van der Waals surface area contributed by atoms with Crippen LogP contribution in [0.3, 0.4) is 0 Å². The van der Waals surface area contributed by atoms with E-state index in [0.29, 0.717) is 18.1 Å². The van der Waals surface area contributed by atoms with Gasteiger partial charge < -0.3 is 30.1 Å². The van der Waals surface area contributed by atoms with E-state index in [2.05, 4.69) is 49.5 Å². The van der Waals surface area contributed by atoms with Gasteiger partial charge in [-0.2, -0.15) is 4.98 Å². The Balaban J connectivity index is 1.56. The van der Waals surface area contributed by atoms with Gasteiger partial charge in [0.25, 0.3) is 0 Å². The number of aromatic nitrogens is 2. The molecular formula is C23H33N7O2. The van der Waals surface area contributed by atoms with Gasteiger partial charge >= 0.3 is 0 Å². The van der Waals surface area contributed by atoms with Gasteiger partial charge in [0.05, 0.1) is 19.0 Å². The van der Waals surface area contributed by atoms with Crippen LogP contribution in [0.1, 0.15) is 26.2 Å². The normalized spacial score (nSPS) is 16.8. The number of piperazine rings is 1. The summed E-state index contributed by atoms with van der Waals surface area (Å²) in [6.07, 6.45) is 4.34. The highest BCUT2D eigenvalue weighted by atomic mass is 16.5. The van der Waals surface area contributed by atoms with E-state index in [1.807, 2.05) is 13.0 Å². The number of hydrogen-bond donors (Lipinski definition) is 2. The van der Waals surface area contributed by atoms with E-state index in [1.54, 1.807) is 13.3 Å². The van der Waals surface area contributed by atoms with Crippen LogP contribution in [0.4, 0.5) is 28.8 Å². The monoisotopic (exact) mass is 439 g/mol. The average Bonchev–Trinajstić information content (AvgIpc) is 3.35. The van der Waals surface area contributed by atoms with Crippen molar-refractivity contribution in [1.29, 1.82) is 0 Å². The van der Waals surface area contributed by atoms with Crippen LogP contribution in [0.2, 0.25) is 0 Å². The van der Waals surface area contributed by atoms with Gasteiger partial charge in [-0.15, -0.1) is 0 Å². The van der Waals surface area contributed by atoms with Gasteiger partial charge in [0.1, 0.15) is 11.4 Å². The number of amides is 1. The zero-order valence-electron chi connectivity index (χ0n) is 19.2. The molecule has 0 atom stereocenters. The van der Waals surface area contributed by atoms with Crippen LogP contribution in [-0.2, 0) is 4.79 Å². The van der Waals surface area contributed by atoms with E-state index in [1.165, 1.54) is 0 Å². The molecule has 1 aromatic carbocycles. The maximum atomic E-state index is 12.0. The van der Waals surface area contributed by atoms with Gasteiger partial charge in [-0.1, -0.05) is 6.92 Å². The van der Waals surface area contributed by atoms with Crippen LogP contribution in [-0.4, -0.2) is 74.2 Å². The summed E-state index contributed by atoms with van der Waals surface area (Å²) in [5.41, 5.74) is 2.61. The van der Waals surface area contributed by atoms with Gasteiger partial charge in [0, 0.05) is 57.4 Å². The Kier molecular flexibility index (Phi) is 6.94. The molecule has 0 spiro atoms. The third-order valence-electron chi connectivity index (χ3n) is 6.07. The second-order valence-electron chi connectivity index (χ2n) is 8.33. The molecule has 2 fully saturated rings. The van der Waals surface area contributed by atoms with Crippen molar-refractivity contribution in [3.63, 3.8) is 0 Å². The number of nitrogens with one attached hydrogen (secondary N) is 2. The van der Waals surface area contributed by atoms with Crippen molar-refractivity contribution in [2.75, 3.05) is 73.9 Å². The van der Waals surface area contributed by atoms with Crippen LogP contribution in [0, 0.1) is 0 Å². The number of carbonyl (C=O) groups excluding carboxylic acids is 1. The lowest BCUT2D eigenvalue weighted by Crippen LogP contribution is -2.44. The molecule has 32 heavy (non-hydrogen) atoms. The predicted octanol–water partition coefficient (Wildman–Crippen LogP) is 2.93. The SMILES string of the molecule is CCC(=O)Nc1cnc(Nc2ccc(N3CCN(C)CC3)cc2OC)nc1N1CCCC1. The standard InChI is InChI=1S/C23H33N7O2/c1-4-21(31)25-19-16-24-23(27-22(19)30-9-5-6-10-30)26-18-8-7-17(15-20(18)32-3)29-13-11-28(2)12-14-29/h7-8,15-16H,4-6,9-14H2,1-3H3,(H,25,31)(H,24,26,27). The second kappa shape index (κ2) is 10.0.